The molecule has 0 aliphatic carbocycles. The first-order valence-electron chi connectivity index (χ1n) is 9.81. The molecule has 4 aliphatic rings. The average Bonchev–Trinajstić information content (AvgIpc) is 2.95. The fraction of sp³-hybridized carbons (Fsp3) is 0.550. The summed E-state index contributed by atoms with van der Waals surface area (Å²) in [7, 11) is 0. The quantitative estimate of drug-likeness (QED) is 0.747. The number of hydrogen-bond donors (Lipinski definition) is 2. The first-order valence-corrected chi connectivity index (χ1v) is 9.81. The van der Waals surface area contributed by atoms with Gasteiger partial charge in [-0.1, -0.05) is 12.1 Å². The number of rotatable bonds is 3. The normalized spacial score (nSPS) is 30.6. The Hall–Kier alpha value is -2.25. The number of nitrogens with one attached hydrogen (secondary N) is 2. The molecule has 3 atom stereocenters. The number of benzene rings is 1. The Kier molecular flexibility index (Phi) is 4.02. The van der Waals surface area contributed by atoms with Gasteiger partial charge in [-0.2, -0.15) is 0 Å². The second-order valence-electron chi connectivity index (χ2n) is 8.14. The monoisotopic (exact) mass is 368 g/mol. The maximum Gasteiger partial charge on any atom is 0.255 e. The molecular formula is C20H24N4O3. The largest absolute Gasteiger partial charge is 0.322 e. The zero-order valence-electron chi connectivity index (χ0n) is 15.2. The van der Waals surface area contributed by atoms with E-state index in [1.807, 2.05) is 12.1 Å². The van der Waals surface area contributed by atoms with E-state index in [1.54, 1.807) is 4.90 Å². The van der Waals surface area contributed by atoms with Crippen molar-refractivity contribution in [2.45, 2.75) is 44.4 Å². The van der Waals surface area contributed by atoms with Gasteiger partial charge >= 0.3 is 0 Å². The number of nitrogens with zero attached hydrogens (tertiary/aromatic N) is 2. The zero-order chi connectivity index (χ0) is 18.5. The Bertz CT molecular complexity index is 823. The third-order valence-corrected chi connectivity index (χ3v) is 6.56. The van der Waals surface area contributed by atoms with Crippen molar-refractivity contribution in [2.24, 2.45) is 5.92 Å². The summed E-state index contributed by atoms with van der Waals surface area (Å²) < 4.78 is 0. The van der Waals surface area contributed by atoms with Crippen LogP contribution in [0.2, 0.25) is 0 Å². The van der Waals surface area contributed by atoms with Crippen LogP contribution in [0.3, 0.4) is 0 Å². The summed E-state index contributed by atoms with van der Waals surface area (Å²) in [5, 5.41) is 5.87. The van der Waals surface area contributed by atoms with Crippen molar-refractivity contribution >= 4 is 17.7 Å². The summed E-state index contributed by atoms with van der Waals surface area (Å²) in [5.41, 5.74) is 2.91. The lowest BCUT2D eigenvalue weighted by Crippen LogP contribution is -2.61. The summed E-state index contributed by atoms with van der Waals surface area (Å²) >= 11 is 0. The van der Waals surface area contributed by atoms with Gasteiger partial charge in [-0.3, -0.25) is 24.6 Å². The van der Waals surface area contributed by atoms with Crippen LogP contribution in [0, 0.1) is 5.92 Å². The topological polar surface area (TPSA) is 81.8 Å². The molecule has 0 aromatic heterocycles. The first-order chi connectivity index (χ1) is 13.1. The second kappa shape index (κ2) is 6.42. The standard InChI is InChI=1S/C20H24N4O3/c25-18-5-4-17(19(26)22-18)24-10-15-13(2-1-3-14(15)20(24)27)9-23-7-6-12-8-21-16(12)11-23/h1-3,12,16-17,21H,4-11H2,(H,22,25,26)/t12-,16-,17?/m0/s1. The van der Waals surface area contributed by atoms with E-state index in [9.17, 15) is 14.4 Å². The fourth-order valence-electron chi connectivity index (χ4n) is 4.87. The number of carbonyl (C=O) groups is 3. The Morgan fingerprint density at radius 2 is 2.04 bits per heavy atom. The predicted molar refractivity (Wildman–Crippen MR) is 97.7 cm³/mol. The fourth-order valence-corrected chi connectivity index (χ4v) is 4.87. The Morgan fingerprint density at radius 1 is 1.15 bits per heavy atom. The summed E-state index contributed by atoms with van der Waals surface area (Å²) in [6.45, 7) is 4.59. The minimum atomic E-state index is -0.551. The molecule has 1 aromatic carbocycles. The smallest absolute Gasteiger partial charge is 0.255 e. The number of amides is 3. The molecule has 0 bridgehead atoms. The minimum Gasteiger partial charge on any atom is -0.322 e. The molecule has 3 amide bonds. The molecule has 0 spiro atoms. The molecule has 4 aliphatic heterocycles. The Morgan fingerprint density at radius 3 is 2.78 bits per heavy atom. The van der Waals surface area contributed by atoms with E-state index < -0.39 is 6.04 Å². The maximum atomic E-state index is 12.9. The number of imide groups is 1. The van der Waals surface area contributed by atoms with Crippen LogP contribution < -0.4 is 10.6 Å². The molecule has 0 saturated carbocycles. The molecule has 1 aromatic rings. The predicted octanol–water partition coefficient (Wildman–Crippen LogP) is 0.241. The van der Waals surface area contributed by atoms with Crippen LogP contribution >= 0.6 is 0 Å². The van der Waals surface area contributed by atoms with Gasteiger partial charge in [0.15, 0.2) is 0 Å². The van der Waals surface area contributed by atoms with Crippen molar-refractivity contribution in [3.8, 4) is 0 Å². The molecule has 2 N–H and O–H groups in total. The van der Waals surface area contributed by atoms with Crippen molar-refractivity contribution in [1.29, 1.82) is 0 Å². The molecule has 3 fully saturated rings. The number of fused-ring (bicyclic) bond motifs is 2. The highest BCUT2D eigenvalue weighted by molar-refractivity contribution is 6.05. The van der Waals surface area contributed by atoms with Gasteiger partial charge in [0.1, 0.15) is 6.04 Å². The van der Waals surface area contributed by atoms with Crippen molar-refractivity contribution in [2.75, 3.05) is 19.6 Å². The van der Waals surface area contributed by atoms with E-state index in [4.69, 9.17) is 0 Å². The summed E-state index contributed by atoms with van der Waals surface area (Å²) in [4.78, 5) is 40.6. The van der Waals surface area contributed by atoms with Gasteiger partial charge in [0, 0.05) is 37.7 Å². The van der Waals surface area contributed by atoms with Gasteiger partial charge in [0.2, 0.25) is 11.8 Å². The van der Waals surface area contributed by atoms with Crippen LogP contribution in [-0.4, -0.2) is 59.2 Å². The number of carbonyl (C=O) groups excluding carboxylic acids is 3. The van der Waals surface area contributed by atoms with Crippen molar-refractivity contribution < 1.29 is 14.4 Å². The zero-order valence-corrected chi connectivity index (χ0v) is 15.2. The van der Waals surface area contributed by atoms with Crippen molar-refractivity contribution in [1.82, 2.24) is 20.4 Å². The number of likely N-dealkylation sites (tertiary alicyclic amines) is 1. The highest BCUT2D eigenvalue weighted by Gasteiger charge is 2.40. The Labute approximate surface area is 158 Å². The van der Waals surface area contributed by atoms with Gasteiger partial charge in [0.25, 0.3) is 5.91 Å². The van der Waals surface area contributed by atoms with E-state index in [-0.39, 0.29) is 24.1 Å². The van der Waals surface area contributed by atoms with Crippen LogP contribution in [0.25, 0.3) is 0 Å². The molecular weight excluding hydrogens is 344 g/mol. The third-order valence-electron chi connectivity index (χ3n) is 6.56. The lowest BCUT2D eigenvalue weighted by atomic mass is 9.85. The van der Waals surface area contributed by atoms with Crippen LogP contribution in [0.4, 0.5) is 0 Å². The summed E-state index contributed by atoms with van der Waals surface area (Å²) in [6, 6.07) is 5.95. The molecule has 27 heavy (non-hydrogen) atoms. The Balaban J connectivity index is 1.34. The molecule has 7 nitrogen and oxygen atoms in total. The van der Waals surface area contributed by atoms with Gasteiger partial charge < -0.3 is 10.2 Å². The molecule has 4 heterocycles. The maximum absolute atomic E-state index is 12.9. The molecule has 5 rings (SSSR count). The molecule has 7 heteroatoms. The highest BCUT2D eigenvalue weighted by atomic mass is 16.2. The first kappa shape index (κ1) is 16.9. The SMILES string of the molecule is O=C1CCC(N2Cc3c(CN4CC[C@H]5CN[C@H]5C4)cccc3C2=O)C(=O)N1. The molecule has 1 unspecified atom stereocenters. The summed E-state index contributed by atoms with van der Waals surface area (Å²) in [6.07, 6.45) is 1.92. The third kappa shape index (κ3) is 2.85. The lowest BCUT2D eigenvalue weighted by Gasteiger charge is -2.46. The van der Waals surface area contributed by atoms with E-state index in [0.29, 0.717) is 24.6 Å². The van der Waals surface area contributed by atoms with Gasteiger partial charge in [-0.05, 0) is 49.0 Å². The van der Waals surface area contributed by atoms with E-state index in [2.05, 4.69) is 21.6 Å². The van der Waals surface area contributed by atoms with Gasteiger partial charge in [-0.15, -0.1) is 0 Å². The lowest BCUT2D eigenvalue weighted by molar-refractivity contribution is -0.136. The van der Waals surface area contributed by atoms with Crippen LogP contribution in [0.5, 0.6) is 0 Å². The van der Waals surface area contributed by atoms with E-state index >= 15 is 0 Å². The van der Waals surface area contributed by atoms with E-state index in [0.717, 1.165) is 37.7 Å². The summed E-state index contributed by atoms with van der Waals surface area (Å²) in [5.74, 6) is 0.120. The van der Waals surface area contributed by atoms with Crippen LogP contribution in [-0.2, 0) is 22.7 Å². The highest BCUT2D eigenvalue weighted by Crippen LogP contribution is 2.31. The number of piperidine rings is 2. The molecule has 0 radical (unpaired) electrons. The van der Waals surface area contributed by atoms with Crippen molar-refractivity contribution in [3.05, 3.63) is 34.9 Å². The van der Waals surface area contributed by atoms with Gasteiger partial charge in [0.05, 0.1) is 0 Å². The van der Waals surface area contributed by atoms with Crippen molar-refractivity contribution in [3.63, 3.8) is 0 Å². The van der Waals surface area contributed by atoms with E-state index in [1.165, 1.54) is 12.0 Å². The molecule has 142 valence electrons. The van der Waals surface area contributed by atoms with Crippen LogP contribution in [0.15, 0.2) is 18.2 Å². The average molecular weight is 368 g/mol. The molecule has 3 saturated heterocycles. The minimum absolute atomic E-state index is 0.0966. The number of hydrogen-bond acceptors (Lipinski definition) is 5. The second-order valence-corrected chi connectivity index (χ2v) is 8.14. The van der Waals surface area contributed by atoms with Crippen LogP contribution in [0.1, 0.15) is 40.7 Å². The van der Waals surface area contributed by atoms with Gasteiger partial charge in [-0.25, -0.2) is 0 Å².